The van der Waals surface area contributed by atoms with Gasteiger partial charge in [0.05, 0.1) is 46.6 Å². The van der Waals surface area contributed by atoms with Crippen LogP contribution in [0.15, 0.2) is 41.4 Å². The monoisotopic (exact) mass is 682 g/mol. The van der Waals surface area contributed by atoms with Crippen molar-refractivity contribution in [3.05, 3.63) is 64.0 Å². The summed E-state index contributed by atoms with van der Waals surface area (Å²) in [6.07, 6.45) is -0.877. The molecule has 1 unspecified atom stereocenters. The Labute approximate surface area is 257 Å². The lowest BCUT2D eigenvalue weighted by Crippen LogP contribution is -2.52. The molecular weight excluding hydrogens is 656 g/mol. The van der Waals surface area contributed by atoms with Gasteiger partial charge in [-0.25, -0.2) is 37.2 Å². The van der Waals surface area contributed by atoms with Gasteiger partial charge in [0.2, 0.25) is 5.91 Å². The Morgan fingerprint density at radius 1 is 1.09 bits per heavy atom. The molecule has 43 heavy (non-hydrogen) atoms. The predicted octanol–water partition coefficient (Wildman–Crippen LogP) is 2.65. The molecule has 10 nitrogen and oxygen atoms in total. The van der Waals surface area contributed by atoms with E-state index in [9.17, 15) is 36.6 Å². The van der Waals surface area contributed by atoms with Crippen molar-refractivity contribution in [2.75, 3.05) is 43.6 Å². The molecule has 0 spiro atoms. The predicted molar refractivity (Wildman–Crippen MR) is 155 cm³/mol. The molecule has 234 valence electrons. The zero-order valence-electron chi connectivity index (χ0n) is 22.3. The number of sulfone groups is 1. The average Bonchev–Trinajstić information content (AvgIpc) is 3.45. The van der Waals surface area contributed by atoms with Gasteiger partial charge in [-0.15, -0.1) is 5.10 Å². The summed E-state index contributed by atoms with van der Waals surface area (Å²) in [7, 11) is -4.55. The zero-order chi connectivity index (χ0) is 31.1. The van der Waals surface area contributed by atoms with Crippen LogP contribution in [-0.4, -0.2) is 105 Å². The number of benzene rings is 2. The first-order valence-electron chi connectivity index (χ1n) is 13.1. The number of aliphatic hydroxyl groups excluding tert-OH is 2. The molecule has 2 saturated heterocycles. The van der Waals surface area contributed by atoms with Gasteiger partial charge in [0.15, 0.2) is 27.3 Å². The summed E-state index contributed by atoms with van der Waals surface area (Å²) in [4.78, 5) is 15.1. The van der Waals surface area contributed by atoms with Gasteiger partial charge in [-0.05, 0) is 35.2 Å². The molecule has 5 atom stereocenters. The van der Waals surface area contributed by atoms with E-state index < -0.39 is 80.8 Å². The van der Waals surface area contributed by atoms with Gasteiger partial charge in [-0.2, -0.15) is 0 Å². The molecule has 3 aromatic rings. The maximum Gasteiger partial charge on any atom is 0.248 e. The first kappa shape index (κ1) is 32.0. The van der Waals surface area contributed by atoms with Crippen molar-refractivity contribution in [1.29, 1.82) is 0 Å². The number of halogens is 5. The van der Waals surface area contributed by atoms with E-state index >= 15 is 0 Å². The molecule has 3 heterocycles. The summed E-state index contributed by atoms with van der Waals surface area (Å²) in [5.41, 5.74) is -0.121. The van der Waals surface area contributed by atoms with Gasteiger partial charge < -0.3 is 19.8 Å². The van der Waals surface area contributed by atoms with Crippen LogP contribution in [0.3, 0.4) is 0 Å². The number of carbonyl (C=O) groups is 1. The van der Waals surface area contributed by atoms with E-state index in [0.29, 0.717) is 5.02 Å². The molecule has 5 rings (SSSR count). The highest BCUT2D eigenvalue weighted by Gasteiger charge is 2.45. The minimum Gasteiger partial charge on any atom is -0.395 e. The molecular formula is C26H27Cl2F3N4O6S2. The summed E-state index contributed by atoms with van der Waals surface area (Å²) in [5, 5.41) is 29.8. The van der Waals surface area contributed by atoms with E-state index in [1.807, 2.05) is 0 Å². The molecule has 2 fully saturated rings. The Morgan fingerprint density at radius 3 is 2.40 bits per heavy atom. The van der Waals surface area contributed by atoms with Crippen molar-refractivity contribution in [3.63, 3.8) is 0 Å². The van der Waals surface area contributed by atoms with Crippen LogP contribution in [-0.2, 0) is 19.4 Å². The maximum atomic E-state index is 13.9. The van der Waals surface area contributed by atoms with Crippen LogP contribution in [0.2, 0.25) is 10.0 Å². The number of aromatic nitrogens is 3. The fraction of sp³-hybridized carbons (Fsp3) is 0.423. The fourth-order valence-electron chi connectivity index (χ4n) is 5.20. The van der Waals surface area contributed by atoms with Gasteiger partial charge >= 0.3 is 0 Å². The molecule has 2 aliphatic heterocycles. The number of ether oxygens (including phenoxy) is 1. The van der Waals surface area contributed by atoms with Crippen molar-refractivity contribution in [3.8, 4) is 11.3 Å². The average molecular weight is 684 g/mol. The molecule has 0 radical (unpaired) electrons. The van der Waals surface area contributed by atoms with Gasteiger partial charge in [-0.1, -0.05) is 28.4 Å². The minimum atomic E-state index is -3.21. The number of thiol groups is 1. The lowest BCUT2D eigenvalue weighted by Gasteiger charge is -2.46. The second kappa shape index (κ2) is 12.9. The minimum absolute atomic E-state index is 0.0211. The van der Waals surface area contributed by atoms with Crippen LogP contribution in [0.1, 0.15) is 6.04 Å². The zero-order valence-corrected chi connectivity index (χ0v) is 25.5. The lowest BCUT2D eigenvalue weighted by atomic mass is 10.0. The number of carbonyl (C=O) groups excluding carboxylic acids is 1. The topological polar surface area (TPSA) is 135 Å². The highest BCUT2D eigenvalue weighted by molar-refractivity contribution is 8.17. The van der Waals surface area contributed by atoms with Gasteiger partial charge in [0, 0.05) is 29.7 Å². The Bertz CT molecular complexity index is 1590. The van der Waals surface area contributed by atoms with Crippen molar-refractivity contribution in [2.24, 2.45) is 0 Å². The highest BCUT2D eigenvalue weighted by Crippen LogP contribution is 2.51. The smallest absolute Gasteiger partial charge is 0.248 e. The van der Waals surface area contributed by atoms with E-state index in [4.69, 9.17) is 27.9 Å². The molecule has 2 N–H and O–H groups in total. The summed E-state index contributed by atoms with van der Waals surface area (Å²) in [6.45, 7) is -0.798. The van der Waals surface area contributed by atoms with E-state index in [2.05, 4.69) is 10.3 Å². The van der Waals surface area contributed by atoms with Gasteiger partial charge in [0.25, 0.3) is 0 Å². The Balaban J connectivity index is 1.45. The largest absolute Gasteiger partial charge is 0.395 e. The molecule has 0 saturated carbocycles. The summed E-state index contributed by atoms with van der Waals surface area (Å²) in [5.74, 6) is -4.99. The van der Waals surface area contributed by atoms with E-state index in [1.54, 1.807) is 18.2 Å². The van der Waals surface area contributed by atoms with Crippen LogP contribution in [0.5, 0.6) is 0 Å². The molecule has 0 aliphatic carbocycles. The second-order valence-corrected chi connectivity index (χ2v) is 15.8. The number of amides is 1. The Morgan fingerprint density at radius 2 is 1.77 bits per heavy atom. The molecule has 1 aromatic heterocycles. The molecule has 1 amide bonds. The maximum absolute atomic E-state index is 13.9. The van der Waals surface area contributed by atoms with Crippen molar-refractivity contribution < 1.29 is 41.3 Å². The first-order valence-corrected chi connectivity index (χ1v) is 17.2. The molecule has 17 heteroatoms. The van der Waals surface area contributed by atoms with Crippen LogP contribution in [0.4, 0.5) is 13.2 Å². The fourth-order valence-corrected chi connectivity index (χ4v) is 9.66. The third-order valence-electron chi connectivity index (χ3n) is 7.54. The SMILES string of the molecule is O=C(CO[C@H]1C[SH](c2ccc(Cl)c(Cl)c2)[C@H](CO)[C@H](O)[C@@H]1n1cc(-c2cc(F)c(F)c(F)c2)nn1)N1CCS(=O)(=O)CC1. The molecule has 0 bridgehead atoms. The molecule has 2 aliphatic rings. The highest BCUT2D eigenvalue weighted by atomic mass is 35.5. The summed E-state index contributed by atoms with van der Waals surface area (Å²) >= 11 is 12.3. The Hall–Kier alpha value is -2.40. The van der Waals surface area contributed by atoms with Crippen LogP contribution in [0.25, 0.3) is 11.3 Å². The third kappa shape index (κ3) is 6.82. The number of hydrogen-bond donors (Lipinski definition) is 3. The summed E-state index contributed by atoms with van der Waals surface area (Å²) < 4.78 is 72.2. The van der Waals surface area contributed by atoms with Crippen molar-refractivity contribution >= 4 is 49.8 Å². The number of aliphatic hydroxyl groups is 2. The van der Waals surface area contributed by atoms with Crippen LogP contribution < -0.4 is 0 Å². The quantitative estimate of drug-likeness (QED) is 0.256. The van der Waals surface area contributed by atoms with Crippen LogP contribution in [0, 0.1) is 17.5 Å². The number of nitrogens with zero attached hydrogens (tertiary/aromatic N) is 4. The van der Waals surface area contributed by atoms with Gasteiger partial charge in [-0.3, -0.25) is 4.79 Å². The Kier molecular flexibility index (Phi) is 9.61. The standard InChI is InChI=1S/C26H27Cl2F3N4O6S2/c27-16-2-1-15(9-17(16)28)42-13-21(41-12-23(37)34-3-5-43(39,40)6-4-34)25(26(38)22(42)11-36)35-10-20(32-33-35)14-7-18(29)24(31)19(30)8-14/h1-2,7-10,21-22,25-26,36,38,42H,3-6,11-13H2/t21-,22+,25+,26-/m0/s1. The van der Waals surface area contributed by atoms with E-state index in [0.717, 1.165) is 17.0 Å². The number of hydrogen-bond acceptors (Lipinski definition) is 8. The van der Waals surface area contributed by atoms with Crippen molar-refractivity contribution in [2.45, 2.75) is 28.4 Å². The van der Waals surface area contributed by atoms with Crippen LogP contribution >= 0.6 is 34.1 Å². The number of rotatable bonds is 7. The van der Waals surface area contributed by atoms with E-state index in [-0.39, 0.29) is 46.6 Å². The van der Waals surface area contributed by atoms with Crippen molar-refractivity contribution in [1.82, 2.24) is 19.9 Å². The van der Waals surface area contributed by atoms with Gasteiger partial charge in [0.1, 0.15) is 18.3 Å². The summed E-state index contributed by atoms with van der Waals surface area (Å²) in [6, 6.07) is 5.49. The lowest BCUT2D eigenvalue weighted by molar-refractivity contribution is -0.139. The molecule has 2 aromatic carbocycles. The normalized spacial score (nSPS) is 26.4. The first-order chi connectivity index (χ1) is 20.4. The third-order valence-corrected chi connectivity index (χ3v) is 12.8. The van der Waals surface area contributed by atoms with E-state index in [1.165, 1.54) is 15.8 Å². The second-order valence-electron chi connectivity index (χ2n) is 10.2.